The molecule has 0 fully saturated rings. The lowest BCUT2D eigenvalue weighted by Crippen LogP contribution is -1.88. The topological polar surface area (TPSA) is 0 Å². The molecule has 0 nitrogen and oxygen atoms in total. The summed E-state index contributed by atoms with van der Waals surface area (Å²) in [7, 11) is 0. The lowest BCUT2D eigenvalue weighted by atomic mass is 9.95. The Labute approximate surface area is 332 Å². The zero-order valence-electron chi connectivity index (χ0n) is 30.4. The molecular formula is C54H39Br. The van der Waals surface area contributed by atoms with Gasteiger partial charge in [0, 0.05) is 4.47 Å². The van der Waals surface area contributed by atoms with Gasteiger partial charge in [-0.15, -0.1) is 0 Å². The Bertz CT molecular complexity index is 2550. The molecule has 262 valence electrons. The van der Waals surface area contributed by atoms with Crippen LogP contribution in [0.15, 0.2) is 205 Å². The van der Waals surface area contributed by atoms with Crippen LogP contribution in [-0.4, -0.2) is 0 Å². The fourth-order valence-electron chi connectivity index (χ4n) is 6.94. The summed E-state index contributed by atoms with van der Waals surface area (Å²) in [4.78, 5) is 0. The minimum absolute atomic E-state index is 1.08. The first-order chi connectivity index (χ1) is 27.2. The zero-order valence-corrected chi connectivity index (χ0v) is 32.0. The highest BCUT2D eigenvalue weighted by Crippen LogP contribution is 2.33. The van der Waals surface area contributed by atoms with Crippen LogP contribution < -0.4 is 0 Å². The van der Waals surface area contributed by atoms with Crippen LogP contribution in [-0.2, 0) is 0 Å². The van der Waals surface area contributed by atoms with E-state index in [0.29, 0.717) is 0 Å². The molecule has 0 N–H and O–H groups in total. The van der Waals surface area contributed by atoms with E-state index >= 15 is 0 Å². The molecule has 1 heteroatoms. The fourth-order valence-corrected chi connectivity index (χ4v) is 7.53. The molecule has 55 heavy (non-hydrogen) atoms. The molecule has 0 radical (unpaired) electrons. The van der Waals surface area contributed by atoms with Crippen LogP contribution in [0.2, 0.25) is 0 Å². The Balaban J connectivity index is 1.08. The highest BCUT2D eigenvalue weighted by atomic mass is 79.9. The predicted octanol–water partition coefficient (Wildman–Crippen LogP) is 15.1. The molecule has 8 aromatic rings. The summed E-state index contributed by atoms with van der Waals surface area (Å²) in [5.41, 5.74) is 14.2. The van der Waals surface area contributed by atoms with Crippen LogP contribution in [0, 0.1) is 0 Å². The van der Waals surface area contributed by atoms with Crippen molar-refractivity contribution < 1.29 is 0 Å². The second kappa shape index (κ2) is 17.1. The number of benzene rings is 8. The molecular weight excluding hydrogens is 728 g/mol. The molecule has 0 aliphatic rings. The number of rotatable bonds is 10. The number of hydrogen-bond donors (Lipinski definition) is 0. The van der Waals surface area contributed by atoms with Crippen LogP contribution in [0.1, 0.15) is 55.6 Å². The van der Waals surface area contributed by atoms with Gasteiger partial charge in [-0.1, -0.05) is 234 Å². The molecule has 0 atom stereocenters. The zero-order chi connectivity index (χ0) is 37.2. The van der Waals surface area contributed by atoms with E-state index in [1.807, 2.05) is 0 Å². The summed E-state index contributed by atoms with van der Waals surface area (Å²) in [6.07, 6.45) is 13.4. The molecule has 0 aromatic heterocycles. The molecule has 0 spiro atoms. The van der Waals surface area contributed by atoms with Crippen LogP contribution in [0.4, 0.5) is 0 Å². The van der Waals surface area contributed by atoms with E-state index in [1.54, 1.807) is 0 Å². The summed E-state index contributed by atoms with van der Waals surface area (Å²) in [6.45, 7) is 0. The molecule has 0 aliphatic heterocycles. The van der Waals surface area contributed by atoms with Crippen molar-refractivity contribution in [2.24, 2.45) is 0 Å². The largest absolute Gasteiger partial charge is 0.0622 e. The van der Waals surface area contributed by atoms with Gasteiger partial charge in [0.15, 0.2) is 0 Å². The van der Waals surface area contributed by atoms with E-state index < -0.39 is 0 Å². The first-order valence-corrected chi connectivity index (χ1v) is 19.4. The van der Waals surface area contributed by atoms with E-state index in [0.717, 1.165) is 32.3 Å². The standard InChI is InChI=1S/C54H39Br/c55-54-39-48(35-33-40-25-29-42(30-26-40)37-52(44-15-5-1-6-16-44)45-17-7-2-8-18-45)49(50-23-13-14-24-51(50)54)36-34-41-27-31-43(32-28-41)38-53(46-19-9-3-10-20-46)47-21-11-4-12-22-47/h1-39H. The lowest BCUT2D eigenvalue weighted by Gasteiger charge is -2.10. The van der Waals surface area contributed by atoms with Gasteiger partial charge in [-0.05, 0) is 95.8 Å². The van der Waals surface area contributed by atoms with Crippen LogP contribution in [0.3, 0.4) is 0 Å². The van der Waals surface area contributed by atoms with Crippen LogP contribution in [0.5, 0.6) is 0 Å². The molecule has 0 unspecified atom stereocenters. The van der Waals surface area contributed by atoms with Crippen molar-refractivity contribution in [2.45, 2.75) is 0 Å². The maximum atomic E-state index is 3.87. The lowest BCUT2D eigenvalue weighted by molar-refractivity contribution is 1.55. The summed E-state index contributed by atoms with van der Waals surface area (Å²) < 4.78 is 1.08. The van der Waals surface area contributed by atoms with Crippen molar-refractivity contribution in [2.75, 3.05) is 0 Å². The van der Waals surface area contributed by atoms with Crippen molar-refractivity contribution in [1.82, 2.24) is 0 Å². The molecule has 8 aromatic carbocycles. The quantitative estimate of drug-likeness (QED) is 0.122. The summed E-state index contributed by atoms with van der Waals surface area (Å²) in [6, 6.07) is 70.8. The van der Waals surface area contributed by atoms with Gasteiger partial charge in [0.1, 0.15) is 0 Å². The molecule has 0 bridgehead atoms. The molecule has 0 amide bonds. The van der Waals surface area contributed by atoms with Gasteiger partial charge in [-0.3, -0.25) is 0 Å². The van der Waals surface area contributed by atoms with E-state index in [2.05, 4.69) is 253 Å². The molecule has 8 rings (SSSR count). The average Bonchev–Trinajstić information content (AvgIpc) is 3.26. The van der Waals surface area contributed by atoms with Crippen LogP contribution >= 0.6 is 15.9 Å². The van der Waals surface area contributed by atoms with E-state index in [4.69, 9.17) is 0 Å². The summed E-state index contributed by atoms with van der Waals surface area (Å²) in [5, 5.41) is 2.40. The SMILES string of the molecule is Brc1cc(C=Cc2ccc(C=C(c3ccccc3)c3ccccc3)cc2)c(C=Cc2ccc(C=C(c3ccccc3)c3ccccc3)cc2)c2ccccc12. The maximum absolute atomic E-state index is 3.87. The van der Waals surface area contributed by atoms with Gasteiger partial charge in [0.25, 0.3) is 0 Å². The highest BCUT2D eigenvalue weighted by molar-refractivity contribution is 9.10. The Kier molecular flexibility index (Phi) is 11.0. The van der Waals surface area contributed by atoms with Crippen molar-refractivity contribution in [3.63, 3.8) is 0 Å². The Hall–Kier alpha value is -6.54. The van der Waals surface area contributed by atoms with Gasteiger partial charge >= 0.3 is 0 Å². The normalized spacial score (nSPS) is 11.2. The van der Waals surface area contributed by atoms with E-state index in [-0.39, 0.29) is 0 Å². The Morgan fingerprint density at radius 2 is 0.673 bits per heavy atom. The van der Waals surface area contributed by atoms with Gasteiger partial charge in [-0.25, -0.2) is 0 Å². The third-order valence-corrected chi connectivity index (χ3v) is 10.5. The monoisotopic (exact) mass is 766 g/mol. The number of hydrogen-bond acceptors (Lipinski definition) is 0. The van der Waals surface area contributed by atoms with Gasteiger partial charge in [0.2, 0.25) is 0 Å². The second-order valence-corrected chi connectivity index (χ2v) is 14.3. The third-order valence-electron chi connectivity index (χ3n) is 9.80. The van der Waals surface area contributed by atoms with Gasteiger partial charge < -0.3 is 0 Å². The average molecular weight is 768 g/mol. The molecule has 0 heterocycles. The van der Waals surface area contributed by atoms with Crippen molar-refractivity contribution in [3.05, 3.63) is 260 Å². The van der Waals surface area contributed by atoms with Crippen LogP contribution in [0.25, 0.3) is 58.4 Å². The van der Waals surface area contributed by atoms with Crippen molar-refractivity contribution in [3.8, 4) is 0 Å². The minimum Gasteiger partial charge on any atom is -0.0622 e. The highest BCUT2D eigenvalue weighted by Gasteiger charge is 2.09. The summed E-state index contributed by atoms with van der Waals surface area (Å²) in [5.74, 6) is 0. The van der Waals surface area contributed by atoms with Crippen molar-refractivity contribution in [1.29, 1.82) is 0 Å². The number of halogens is 1. The molecule has 0 saturated carbocycles. The molecule has 0 saturated heterocycles. The summed E-state index contributed by atoms with van der Waals surface area (Å²) >= 11 is 3.87. The first kappa shape index (κ1) is 35.5. The second-order valence-electron chi connectivity index (χ2n) is 13.5. The fraction of sp³-hybridized carbons (Fsp3) is 0. The smallest absolute Gasteiger partial charge is 0.0260 e. The minimum atomic E-state index is 1.08. The Morgan fingerprint density at radius 3 is 1.09 bits per heavy atom. The van der Waals surface area contributed by atoms with Gasteiger partial charge in [-0.2, -0.15) is 0 Å². The predicted molar refractivity (Wildman–Crippen MR) is 242 cm³/mol. The first-order valence-electron chi connectivity index (χ1n) is 18.6. The van der Waals surface area contributed by atoms with Gasteiger partial charge in [0.05, 0.1) is 0 Å². The molecule has 0 aliphatic carbocycles. The number of fused-ring (bicyclic) bond motifs is 1. The third kappa shape index (κ3) is 8.65. The Morgan fingerprint density at radius 1 is 0.327 bits per heavy atom. The van der Waals surface area contributed by atoms with E-state index in [1.165, 1.54) is 49.7 Å². The van der Waals surface area contributed by atoms with E-state index in [9.17, 15) is 0 Å². The van der Waals surface area contributed by atoms with Crippen molar-refractivity contribution >= 4 is 74.3 Å². The maximum Gasteiger partial charge on any atom is 0.0260 e.